The maximum absolute atomic E-state index is 11.5. The second kappa shape index (κ2) is 44.5. The molecule has 8 rings (SSSR count). The fraction of sp³-hybridized carbons (Fsp3) is 0.397. The normalized spacial score (nSPS) is 12.5. The number of carbonyl (C=O) groups is 3. The Morgan fingerprint density at radius 1 is 0.750 bits per heavy atom. The van der Waals surface area contributed by atoms with Gasteiger partial charge in [-0.15, -0.1) is 36.9 Å². The number of terminal acetylenes is 2. The minimum absolute atomic E-state index is 0. The average molecular weight is 1320 g/mol. The first-order chi connectivity index (χ1) is 40.9. The van der Waals surface area contributed by atoms with Gasteiger partial charge in [-0.1, -0.05) is 24.0 Å². The molecule has 4 heterocycles. The summed E-state index contributed by atoms with van der Waals surface area (Å²) in [5, 5.41) is 49.0. The predicted molar refractivity (Wildman–Crippen MR) is 316 cm³/mol. The van der Waals surface area contributed by atoms with Gasteiger partial charge in [-0.2, -0.15) is 13.2 Å². The van der Waals surface area contributed by atoms with E-state index in [0.29, 0.717) is 85.3 Å². The van der Waals surface area contributed by atoms with E-state index in [1.165, 1.54) is 12.7 Å². The maximum atomic E-state index is 11.5. The van der Waals surface area contributed by atoms with Crippen LogP contribution >= 0.6 is 24.0 Å². The summed E-state index contributed by atoms with van der Waals surface area (Å²) in [5.41, 5.74) is 4.27. The van der Waals surface area contributed by atoms with Gasteiger partial charge >= 0.3 is 115 Å². The predicted octanol–water partition coefficient (Wildman–Crippen LogP) is -1.79. The molecular weight excluding hydrogens is 1250 g/mol. The van der Waals surface area contributed by atoms with E-state index in [1.54, 1.807) is 11.0 Å². The van der Waals surface area contributed by atoms with Crippen molar-refractivity contribution >= 4 is 87.4 Å². The van der Waals surface area contributed by atoms with Crippen molar-refractivity contribution in [2.45, 2.75) is 45.4 Å². The Kier molecular flexibility index (Phi) is 41.1. The number of carbonyl (C=O) groups excluding carboxylic acids is 3. The number of rotatable bonds is 20. The molecular formula is C58H71Cl2F3K2N10O13. The van der Waals surface area contributed by atoms with Crippen molar-refractivity contribution in [2.75, 3.05) is 115 Å². The first-order valence-corrected chi connectivity index (χ1v) is 27.2. The summed E-state index contributed by atoms with van der Waals surface area (Å²) in [5.74, 6) is 6.23. The Labute approximate surface area is 606 Å². The number of quaternary nitrogens is 1. The molecule has 30 heteroatoms. The van der Waals surface area contributed by atoms with Gasteiger partial charge in [0.1, 0.15) is 49.1 Å². The summed E-state index contributed by atoms with van der Waals surface area (Å²) in [6.45, 7) is 15.7. The second-order valence-corrected chi connectivity index (χ2v) is 19.3. The number of amides is 1. The van der Waals surface area contributed by atoms with Crippen molar-refractivity contribution < 1.29 is 186 Å². The molecule has 0 saturated carbocycles. The van der Waals surface area contributed by atoms with Gasteiger partial charge in [0, 0.05) is 117 Å². The molecule has 0 spiro atoms. The van der Waals surface area contributed by atoms with Crippen LogP contribution in [0.1, 0.15) is 46.2 Å². The maximum Gasteiger partial charge on any atom is 1.00 e. The van der Waals surface area contributed by atoms with E-state index in [1.807, 2.05) is 87.5 Å². The molecule has 7 N–H and O–H groups in total. The van der Waals surface area contributed by atoms with Crippen molar-refractivity contribution in [2.24, 2.45) is 0 Å². The van der Waals surface area contributed by atoms with Crippen LogP contribution in [0.2, 0.25) is 0 Å². The zero-order valence-corrected chi connectivity index (χ0v) is 57.4. The number of nitrogens with two attached hydrogens (primary N) is 1. The van der Waals surface area contributed by atoms with Crippen LogP contribution in [0, 0.1) is 24.7 Å². The molecule has 0 atom stereocenters. The first kappa shape index (κ1) is 81.1. The Morgan fingerprint density at radius 3 is 1.58 bits per heavy atom. The number of aromatic nitrogens is 4. The van der Waals surface area contributed by atoms with Crippen LogP contribution in [0.5, 0.6) is 23.0 Å². The van der Waals surface area contributed by atoms with E-state index < -0.39 is 12.1 Å². The van der Waals surface area contributed by atoms with Gasteiger partial charge in [-0.25, -0.2) is 24.7 Å². The Morgan fingerprint density at radius 2 is 1.18 bits per heavy atom. The number of aliphatic hydroxyl groups excluding tert-OH is 2. The summed E-state index contributed by atoms with van der Waals surface area (Å²) in [6.07, 6.45) is 9.68. The number of aliphatic hydroxyl groups is 2. The molecule has 23 nitrogen and oxygen atoms in total. The summed E-state index contributed by atoms with van der Waals surface area (Å²) in [6, 6.07) is 22.5. The molecule has 2 aliphatic heterocycles. The molecule has 2 aromatic heterocycles. The summed E-state index contributed by atoms with van der Waals surface area (Å²) in [4.78, 5) is 53.2. The number of aliphatic carboxylic acids is 1. The number of anilines is 4. The van der Waals surface area contributed by atoms with Crippen molar-refractivity contribution in [3.63, 3.8) is 0 Å². The fourth-order valence-corrected chi connectivity index (χ4v) is 7.63. The van der Waals surface area contributed by atoms with Gasteiger partial charge in [-0.3, -0.25) is 9.69 Å². The minimum atomic E-state index is -5.19. The molecule has 0 aliphatic carbocycles. The molecule has 0 unspecified atom stereocenters. The van der Waals surface area contributed by atoms with Gasteiger partial charge < -0.3 is 81.5 Å². The van der Waals surface area contributed by atoms with Crippen molar-refractivity contribution in [1.29, 1.82) is 0 Å². The van der Waals surface area contributed by atoms with Crippen LogP contribution in [0.15, 0.2) is 85.5 Å². The van der Waals surface area contributed by atoms with Crippen LogP contribution in [0.4, 0.5) is 41.0 Å². The molecule has 2 fully saturated rings. The molecule has 2 saturated heterocycles. The number of carboxylic acids is 1. The van der Waals surface area contributed by atoms with Gasteiger partial charge in [0.15, 0.2) is 23.0 Å². The number of ether oxygens (including phenoxy) is 5. The topological polar surface area (TPSA) is 304 Å². The number of hydrogen-bond donors (Lipinski definition) is 6. The SMILES string of the molecule is C#Cc1cccc(Nc2ncnc3cc(OCCCO)c(OCCCl)cc23)c1.C#Cc1cccc(Nc2ncnc3cc(OCCCO)c(OCCN4CC[NH2+]CC4)cc23)c1.CC(C)(C)OC(=O)N1CCNCC1.Cl.O=C([O-])C(F)(F)F.O=CO[O-].[H-].[K+].[K+]. The van der Waals surface area contributed by atoms with Crippen molar-refractivity contribution in [3.05, 3.63) is 96.6 Å². The van der Waals surface area contributed by atoms with Gasteiger partial charge in [0.2, 0.25) is 0 Å². The van der Waals surface area contributed by atoms with Crippen LogP contribution in [-0.4, -0.2) is 175 Å². The first-order valence-electron chi connectivity index (χ1n) is 26.6. The molecule has 88 heavy (non-hydrogen) atoms. The Balaban J connectivity index is 0.00000124. The number of carboxylic acid groups (broad SMARTS) is 1. The van der Waals surface area contributed by atoms with E-state index >= 15 is 0 Å². The van der Waals surface area contributed by atoms with E-state index in [9.17, 15) is 18.0 Å². The van der Waals surface area contributed by atoms with Gasteiger partial charge in [-0.05, 0) is 69.3 Å². The smallest absolute Gasteiger partial charge is 1.00 e. The molecule has 2 aliphatic rings. The van der Waals surface area contributed by atoms with E-state index in [2.05, 4.69) is 62.8 Å². The van der Waals surface area contributed by atoms with E-state index in [4.69, 9.17) is 78.3 Å². The van der Waals surface area contributed by atoms with Crippen molar-refractivity contribution in [1.82, 2.24) is 35.1 Å². The Bertz CT molecular complexity index is 3140. The number of benzene rings is 4. The third kappa shape index (κ3) is 30.3. The zero-order chi connectivity index (χ0) is 62.0. The number of nitrogens with one attached hydrogen (secondary N) is 3. The third-order valence-corrected chi connectivity index (χ3v) is 11.6. The van der Waals surface area contributed by atoms with Crippen LogP contribution in [0.3, 0.4) is 0 Å². The number of hydrogen-bond acceptors (Lipinski definition) is 21. The van der Waals surface area contributed by atoms with E-state index in [-0.39, 0.29) is 148 Å². The van der Waals surface area contributed by atoms with Crippen LogP contribution in [0.25, 0.3) is 21.8 Å². The monoisotopic (exact) mass is 1320 g/mol. The summed E-state index contributed by atoms with van der Waals surface area (Å²) >= 11 is 5.76. The molecule has 468 valence electrons. The Hall–Kier alpha value is -4.91. The minimum Gasteiger partial charge on any atom is -1.00 e. The largest absolute Gasteiger partial charge is 1.00 e. The standard InChI is InChI=1S/C25H29N5O3.C21H20ClN3O3.C9H18N2O2.C2HF3O2.CH2O3.ClH.2K.H/c1-2-19-5-3-6-20(15-19)29-25-21-16-23(33-14-11-30-9-7-26-8-10-30)24(32-13-4-12-31)17-22(21)27-18-28-25;1-2-15-5-3-6-16(11-15)25-21-17-12-19(28-10-7-22)20(27-9-4-8-26)13-18(17)23-14-24-21;1-9(2,3)13-8(12)11-6-4-10-5-7-11;3-2(4,5)1(6)7;2-1-4-3;;;;/h1,3,5-6,15-18,26,31H,4,7-14H2,(H,27,28,29);1,3,5-6,11-14,26H,4,7-10H2,(H,23,24,25);10H,4-7H2,1-3H3;(H,6,7);1,3H;1H;;;/q;;;;;;2*+1;-1/p-1. The third-order valence-electron chi connectivity index (χ3n) is 11.4. The number of alkyl halides is 4. The number of halogens is 5. The number of piperazine rings is 2. The second-order valence-electron chi connectivity index (χ2n) is 18.9. The molecule has 4 aromatic carbocycles. The van der Waals surface area contributed by atoms with Crippen LogP contribution in [-0.2, 0) is 19.2 Å². The fourth-order valence-electron chi connectivity index (χ4n) is 7.55. The van der Waals surface area contributed by atoms with Gasteiger partial charge in [0.25, 0.3) is 6.47 Å². The molecule has 0 radical (unpaired) electrons. The van der Waals surface area contributed by atoms with Crippen molar-refractivity contribution in [3.8, 4) is 47.7 Å². The quantitative estimate of drug-likeness (QED) is 0.00936. The molecule has 0 bridgehead atoms. The molecule has 1 amide bonds. The zero-order valence-electron chi connectivity index (χ0n) is 50.6. The summed E-state index contributed by atoms with van der Waals surface area (Å²) < 4.78 is 60.3. The van der Waals surface area contributed by atoms with E-state index in [0.717, 1.165) is 97.7 Å². The van der Waals surface area contributed by atoms with Crippen LogP contribution < -0.4 is 153 Å². The number of fused-ring (bicyclic) bond motifs is 2. The molecule has 6 aromatic rings. The number of nitrogens with zero attached hydrogens (tertiary/aromatic N) is 6. The summed E-state index contributed by atoms with van der Waals surface area (Å²) in [7, 11) is 0. The van der Waals surface area contributed by atoms with Gasteiger partial charge in [0.05, 0.1) is 43.2 Å². The average Bonchev–Trinajstić information content (AvgIpc) is 2.09.